The molecule has 0 aliphatic carbocycles. The van der Waals surface area contributed by atoms with Crippen molar-refractivity contribution in [1.29, 1.82) is 0 Å². The number of hydrogen-bond acceptors (Lipinski definition) is 3. The zero-order valence-corrected chi connectivity index (χ0v) is 6.84. The van der Waals surface area contributed by atoms with Crippen molar-refractivity contribution < 1.29 is 14.6 Å². The fourth-order valence-electron chi connectivity index (χ4n) is 0.465. The van der Waals surface area contributed by atoms with Crippen molar-refractivity contribution in [2.45, 2.75) is 26.9 Å². The third kappa shape index (κ3) is 2.35. The highest BCUT2D eigenvalue weighted by atomic mass is 16.5. The number of carbonyl (C=O) groups excluding carboxylic acids is 1. The number of aliphatic hydroxyl groups is 1. The summed E-state index contributed by atoms with van der Waals surface area (Å²) < 4.78 is 4.35. The van der Waals surface area contributed by atoms with Gasteiger partial charge in [0.25, 0.3) is 0 Å². The number of aliphatic hydroxyl groups excluding tert-OH is 1. The zero-order valence-electron chi connectivity index (χ0n) is 6.84. The van der Waals surface area contributed by atoms with Gasteiger partial charge in [0.05, 0.1) is 7.11 Å². The second-order valence-corrected chi connectivity index (χ2v) is 3.29. The molecular formula is C7H14O3. The van der Waals surface area contributed by atoms with Crippen LogP contribution >= 0.6 is 0 Å². The first kappa shape index (κ1) is 9.43. The maximum atomic E-state index is 10.7. The van der Waals surface area contributed by atoms with Crippen molar-refractivity contribution in [2.24, 2.45) is 5.41 Å². The Morgan fingerprint density at radius 3 is 2.00 bits per heavy atom. The molecule has 0 heterocycles. The second kappa shape index (κ2) is 3.01. The van der Waals surface area contributed by atoms with Crippen LogP contribution in [0.15, 0.2) is 0 Å². The average Bonchev–Trinajstić information content (AvgIpc) is 1.83. The predicted molar refractivity (Wildman–Crippen MR) is 37.5 cm³/mol. The minimum absolute atomic E-state index is 0.437. The van der Waals surface area contributed by atoms with Crippen LogP contribution in [-0.4, -0.2) is 24.3 Å². The Morgan fingerprint density at radius 1 is 1.50 bits per heavy atom. The molecule has 10 heavy (non-hydrogen) atoms. The van der Waals surface area contributed by atoms with E-state index >= 15 is 0 Å². The molecule has 60 valence electrons. The van der Waals surface area contributed by atoms with Gasteiger partial charge in [-0.2, -0.15) is 0 Å². The monoisotopic (exact) mass is 146 g/mol. The molecular weight excluding hydrogens is 132 g/mol. The first-order chi connectivity index (χ1) is 4.39. The lowest BCUT2D eigenvalue weighted by Gasteiger charge is -2.22. The molecule has 3 heteroatoms. The van der Waals surface area contributed by atoms with Crippen LogP contribution in [0.1, 0.15) is 20.8 Å². The van der Waals surface area contributed by atoms with Gasteiger partial charge in [-0.3, -0.25) is 0 Å². The van der Waals surface area contributed by atoms with E-state index in [0.29, 0.717) is 0 Å². The number of methoxy groups -OCH3 is 1. The van der Waals surface area contributed by atoms with Gasteiger partial charge in [0.2, 0.25) is 0 Å². The summed E-state index contributed by atoms with van der Waals surface area (Å²) >= 11 is 0. The molecule has 0 rings (SSSR count). The Labute approximate surface area is 61.0 Å². The molecule has 0 aliphatic rings. The maximum absolute atomic E-state index is 10.7. The molecule has 1 N–H and O–H groups in total. The van der Waals surface area contributed by atoms with E-state index in [1.165, 1.54) is 7.11 Å². The van der Waals surface area contributed by atoms with Crippen LogP contribution in [-0.2, 0) is 9.53 Å². The molecule has 0 aromatic heterocycles. The van der Waals surface area contributed by atoms with Crippen molar-refractivity contribution in [2.75, 3.05) is 7.11 Å². The molecule has 3 nitrogen and oxygen atoms in total. The Kier molecular flexibility index (Phi) is 2.84. The Bertz CT molecular complexity index is 123. The van der Waals surface area contributed by atoms with Crippen molar-refractivity contribution in [3.63, 3.8) is 0 Å². The predicted octanol–water partition coefficient (Wildman–Crippen LogP) is 0.566. The Hall–Kier alpha value is -0.570. The molecule has 0 saturated carbocycles. The Morgan fingerprint density at radius 2 is 1.90 bits per heavy atom. The van der Waals surface area contributed by atoms with Crippen molar-refractivity contribution in [3.05, 3.63) is 0 Å². The van der Waals surface area contributed by atoms with E-state index in [-0.39, 0.29) is 0 Å². The lowest BCUT2D eigenvalue weighted by atomic mass is 9.89. The van der Waals surface area contributed by atoms with Crippen molar-refractivity contribution >= 4 is 5.97 Å². The van der Waals surface area contributed by atoms with Crippen LogP contribution in [0.25, 0.3) is 0 Å². The van der Waals surface area contributed by atoms with Crippen LogP contribution < -0.4 is 0 Å². The molecule has 1 atom stereocenters. The summed E-state index contributed by atoms with van der Waals surface area (Å²) in [4.78, 5) is 10.7. The summed E-state index contributed by atoms with van der Waals surface area (Å²) in [6.07, 6.45) is -1.03. The highest BCUT2D eigenvalue weighted by Crippen LogP contribution is 2.19. The highest BCUT2D eigenvalue weighted by molar-refractivity contribution is 5.75. The smallest absolute Gasteiger partial charge is 0.335 e. The van der Waals surface area contributed by atoms with Crippen LogP contribution in [0.2, 0.25) is 0 Å². The second-order valence-electron chi connectivity index (χ2n) is 3.29. The van der Waals surface area contributed by atoms with Gasteiger partial charge in [0.15, 0.2) is 6.10 Å². The maximum Gasteiger partial charge on any atom is 0.335 e. The summed E-state index contributed by atoms with van der Waals surface area (Å²) in [6.45, 7) is 5.32. The SMILES string of the molecule is COC(=O)C(O)C(C)(C)C. The van der Waals surface area contributed by atoms with E-state index in [9.17, 15) is 9.90 Å². The molecule has 0 saturated heterocycles. The number of ether oxygens (including phenoxy) is 1. The topological polar surface area (TPSA) is 46.5 Å². The van der Waals surface area contributed by atoms with Gasteiger partial charge in [0, 0.05) is 0 Å². The number of rotatable bonds is 1. The first-order valence-corrected chi connectivity index (χ1v) is 3.15. The van der Waals surface area contributed by atoms with Crippen LogP contribution in [0.5, 0.6) is 0 Å². The fraction of sp³-hybridized carbons (Fsp3) is 0.857. The molecule has 0 aromatic carbocycles. The van der Waals surface area contributed by atoms with Crippen molar-refractivity contribution in [1.82, 2.24) is 0 Å². The molecule has 0 radical (unpaired) electrons. The number of carbonyl (C=O) groups is 1. The fourth-order valence-corrected chi connectivity index (χ4v) is 0.465. The number of hydrogen-bond donors (Lipinski definition) is 1. The zero-order chi connectivity index (χ0) is 8.36. The normalized spacial score (nSPS) is 14.5. The van der Waals surface area contributed by atoms with Gasteiger partial charge in [-0.25, -0.2) is 4.79 Å². The summed E-state index contributed by atoms with van der Waals surface area (Å²) in [5.41, 5.74) is -0.437. The van der Waals surface area contributed by atoms with Gasteiger partial charge in [-0.15, -0.1) is 0 Å². The van der Waals surface area contributed by atoms with E-state index in [4.69, 9.17) is 0 Å². The third-order valence-electron chi connectivity index (χ3n) is 1.24. The molecule has 0 aromatic rings. The van der Waals surface area contributed by atoms with Crippen LogP contribution in [0, 0.1) is 5.41 Å². The molecule has 1 unspecified atom stereocenters. The minimum Gasteiger partial charge on any atom is -0.467 e. The van der Waals surface area contributed by atoms with E-state index in [1.54, 1.807) is 20.8 Å². The lowest BCUT2D eigenvalue weighted by molar-refractivity contribution is -0.156. The summed E-state index contributed by atoms with van der Waals surface area (Å²) in [5, 5.41) is 9.18. The third-order valence-corrected chi connectivity index (χ3v) is 1.24. The molecule has 0 fully saturated rings. The summed E-state index contributed by atoms with van der Waals surface area (Å²) in [7, 11) is 1.26. The first-order valence-electron chi connectivity index (χ1n) is 3.15. The van der Waals surface area contributed by atoms with E-state index in [1.807, 2.05) is 0 Å². The van der Waals surface area contributed by atoms with Crippen LogP contribution in [0.4, 0.5) is 0 Å². The number of esters is 1. The Balaban J connectivity index is 4.08. The lowest BCUT2D eigenvalue weighted by Crippen LogP contribution is -2.34. The molecule has 0 amide bonds. The minimum atomic E-state index is -1.03. The largest absolute Gasteiger partial charge is 0.467 e. The van der Waals surface area contributed by atoms with Gasteiger partial charge >= 0.3 is 5.97 Å². The molecule has 0 spiro atoms. The highest BCUT2D eigenvalue weighted by Gasteiger charge is 2.29. The molecule has 0 bridgehead atoms. The standard InChI is InChI=1S/C7H14O3/c1-7(2,3)5(8)6(9)10-4/h5,8H,1-4H3. The van der Waals surface area contributed by atoms with E-state index < -0.39 is 17.5 Å². The van der Waals surface area contributed by atoms with Gasteiger partial charge in [0.1, 0.15) is 0 Å². The van der Waals surface area contributed by atoms with Gasteiger partial charge < -0.3 is 9.84 Å². The summed E-state index contributed by atoms with van der Waals surface area (Å²) in [6, 6.07) is 0. The van der Waals surface area contributed by atoms with E-state index in [2.05, 4.69) is 4.74 Å². The van der Waals surface area contributed by atoms with Gasteiger partial charge in [-0.05, 0) is 5.41 Å². The van der Waals surface area contributed by atoms with E-state index in [0.717, 1.165) is 0 Å². The van der Waals surface area contributed by atoms with Crippen LogP contribution in [0.3, 0.4) is 0 Å². The van der Waals surface area contributed by atoms with Gasteiger partial charge in [-0.1, -0.05) is 20.8 Å². The average molecular weight is 146 g/mol. The summed E-state index contributed by atoms with van der Waals surface area (Å²) in [5.74, 6) is -0.576. The molecule has 0 aliphatic heterocycles. The quantitative estimate of drug-likeness (QED) is 0.550. The van der Waals surface area contributed by atoms with Crippen molar-refractivity contribution in [3.8, 4) is 0 Å².